The molecule has 0 bridgehead atoms. The molecule has 21 heavy (non-hydrogen) atoms. The number of para-hydroxylation sites is 1. The van der Waals surface area contributed by atoms with Crippen molar-refractivity contribution in [2.24, 2.45) is 0 Å². The van der Waals surface area contributed by atoms with Crippen LogP contribution in [-0.2, 0) is 4.79 Å². The van der Waals surface area contributed by atoms with E-state index in [1.54, 1.807) is 30.3 Å². The molecule has 2 rings (SSSR count). The summed E-state index contributed by atoms with van der Waals surface area (Å²) in [4.78, 5) is 11.8. The van der Waals surface area contributed by atoms with Crippen molar-refractivity contribution in [2.45, 2.75) is 6.10 Å². The van der Waals surface area contributed by atoms with Crippen LogP contribution < -0.4 is 4.74 Å². The van der Waals surface area contributed by atoms with Gasteiger partial charge in [-0.3, -0.25) is 0 Å². The summed E-state index contributed by atoms with van der Waals surface area (Å²) in [5.74, 6) is -0.227. The van der Waals surface area contributed by atoms with E-state index in [1.807, 2.05) is 36.4 Å². The molecule has 0 fully saturated rings. The van der Waals surface area contributed by atoms with Gasteiger partial charge in [-0.25, -0.2) is 4.79 Å². The summed E-state index contributed by atoms with van der Waals surface area (Å²) in [6, 6.07) is 18.2. The maximum atomic E-state index is 11.8. The average molecular weight is 280 g/mol. The first-order valence-corrected chi connectivity index (χ1v) is 6.54. The quantitative estimate of drug-likeness (QED) is 0.519. The second-order valence-corrected chi connectivity index (χ2v) is 4.44. The van der Waals surface area contributed by atoms with Crippen LogP contribution in [0, 0.1) is 0 Å². The van der Waals surface area contributed by atoms with Crippen LogP contribution in [0.5, 0.6) is 5.75 Å². The fourth-order valence-corrected chi connectivity index (χ4v) is 1.66. The van der Waals surface area contributed by atoms with Gasteiger partial charge >= 0.3 is 5.97 Å². The molecule has 1 N–H and O–H groups in total. The second-order valence-electron chi connectivity index (χ2n) is 4.44. The minimum Gasteiger partial charge on any atom is -0.423 e. The maximum absolute atomic E-state index is 11.8. The molecule has 0 amide bonds. The molecule has 0 saturated carbocycles. The SMILES string of the molecule is C=C(C(=O)Oc1ccccc1)C(O)/C=C/c1ccccc1. The van der Waals surface area contributed by atoms with Crippen molar-refractivity contribution in [2.75, 3.05) is 0 Å². The molecular weight excluding hydrogens is 264 g/mol. The molecule has 0 saturated heterocycles. The Hall–Kier alpha value is -2.65. The third-order valence-electron chi connectivity index (χ3n) is 2.84. The summed E-state index contributed by atoms with van der Waals surface area (Å²) in [5.41, 5.74) is 0.923. The number of esters is 1. The van der Waals surface area contributed by atoms with Gasteiger partial charge in [0.1, 0.15) is 11.9 Å². The molecule has 0 aliphatic carbocycles. The maximum Gasteiger partial charge on any atom is 0.341 e. The largest absolute Gasteiger partial charge is 0.423 e. The fraction of sp³-hybridized carbons (Fsp3) is 0.0556. The van der Waals surface area contributed by atoms with Crippen LogP contribution in [0.3, 0.4) is 0 Å². The highest BCUT2D eigenvalue weighted by Gasteiger charge is 2.16. The van der Waals surface area contributed by atoms with E-state index in [-0.39, 0.29) is 5.57 Å². The summed E-state index contributed by atoms with van der Waals surface area (Å²) in [6.07, 6.45) is 2.15. The molecule has 0 aromatic heterocycles. The average Bonchev–Trinajstić information content (AvgIpc) is 2.53. The van der Waals surface area contributed by atoms with Gasteiger partial charge < -0.3 is 9.84 Å². The number of carbonyl (C=O) groups excluding carboxylic acids is 1. The Balaban J connectivity index is 1.96. The summed E-state index contributed by atoms with van der Waals surface area (Å²) in [5, 5.41) is 9.94. The molecule has 0 aliphatic rings. The molecule has 2 aromatic rings. The van der Waals surface area contributed by atoms with Crippen LogP contribution in [0.15, 0.2) is 78.9 Å². The van der Waals surface area contributed by atoms with E-state index in [0.29, 0.717) is 5.75 Å². The zero-order valence-corrected chi connectivity index (χ0v) is 11.5. The monoisotopic (exact) mass is 280 g/mol. The van der Waals surface area contributed by atoms with Gasteiger partial charge in [0.15, 0.2) is 0 Å². The summed E-state index contributed by atoms with van der Waals surface area (Å²) in [7, 11) is 0. The molecule has 106 valence electrons. The fourth-order valence-electron chi connectivity index (χ4n) is 1.66. The van der Waals surface area contributed by atoms with Crippen LogP contribution in [0.4, 0.5) is 0 Å². The van der Waals surface area contributed by atoms with Crippen molar-refractivity contribution >= 4 is 12.0 Å². The predicted octanol–water partition coefficient (Wildman–Crippen LogP) is 3.22. The first-order valence-electron chi connectivity index (χ1n) is 6.54. The van der Waals surface area contributed by atoms with E-state index >= 15 is 0 Å². The van der Waals surface area contributed by atoms with Crippen molar-refractivity contribution in [1.82, 2.24) is 0 Å². The number of benzene rings is 2. The molecule has 0 spiro atoms. The van der Waals surface area contributed by atoms with Gasteiger partial charge in [-0.15, -0.1) is 0 Å². The van der Waals surface area contributed by atoms with Gasteiger partial charge in [0, 0.05) is 0 Å². The number of hydrogen-bond acceptors (Lipinski definition) is 3. The molecule has 0 heterocycles. The second kappa shape index (κ2) is 7.22. The minimum absolute atomic E-state index is 0.00830. The highest BCUT2D eigenvalue weighted by atomic mass is 16.5. The predicted molar refractivity (Wildman–Crippen MR) is 82.7 cm³/mol. The van der Waals surface area contributed by atoms with E-state index in [1.165, 1.54) is 6.08 Å². The molecule has 3 nitrogen and oxygen atoms in total. The van der Waals surface area contributed by atoms with Crippen LogP contribution in [0.1, 0.15) is 5.56 Å². The number of ether oxygens (including phenoxy) is 1. The van der Waals surface area contributed by atoms with Gasteiger partial charge in [-0.1, -0.05) is 67.3 Å². The Morgan fingerprint density at radius 2 is 1.62 bits per heavy atom. The lowest BCUT2D eigenvalue weighted by molar-refractivity contribution is -0.130. The lowest BCUT2D eigenvalue weighted by Gasteiger charge is -2.09. The summed E-state index contributed by atoms with van der Waals surface area (Å²) < 4.78 is 5.12. The lowest BCUT2D eigenvalue weighted by Crippen LogP contribution is -2.19. The van der Waals surface area contributed by atoms with E-state index in [2.05, 4.69) is 6.58 Å². The van der Waals surface area contributed by atoms with Crippen LogP contribution >= 0.6 is 0 Å². The van der Waals surface area contributed by atoms with E-state index in [4.69, 9.17) is 4.74 Å². The lowest BCUT2D eigenvalue weighted by atomic mass is 10.1. The van der Waals surface area contributed by atoms with Gasteiger partial charge in [0.05, 0.1) is 5.57 Å². The zero-order chi connectivity index (χ0) is 15.1. The Morgan fingerprint density at radius 1 is 1.05 bits per heavy atom. The molecule has 1 unspecified atom stereocenters. The topological polar surface area (TPSA) is 46.5 Å². The molecule has 0 aliphatic heterocycles. The molecule has 2 aromatic carbocycles. The van der Waals surface area contributed by atoms with Crippen molar-refractivity contribution in [3.05, 3.63) is 84.5 Å². The number of aliphatic hydroxyl groups is 1. The van der Waals surface area contributed by atoms with Crippen LogP contribution in [0.25, 0.3) is 6.08 Å². The van der Waals surface area contributed by atoms with Gasteiger partial charge in [0.25, 0.3) is 0 Å². The smallest absolute Gasteiger partial charge is 0.341 e. The van der Waals surface area contributed by atoms with E-state index < -0.39 is 12.1 Å². The Bertz CT molecular complexity index is 630. The van der Waals surface area contributed by atoms with Gasteiger partial charge in [0.2, 0.25) is 0 Å². The van der Waals surface area contributed by atoms with Gasteiger partial charge in [-0.2, -0.15) is 0 Å². The van der Waals surface area contributed by atoms with Crippen molar-refractivity contribution in [3.8, 4) is 5.75 Å². The highest BCUT2D eigenvalue weighted by Crippen LogP contribution is 2.13. The molecule has 0 radical (unpaired) electrons. The summed E-state index contributed by atoms with van der Waals surface area (Å²) >= 11 is 0. The van der Waals surface area contributed by atoms with Crippen LogP contribution in [0.2, 0.25) is 0 Å². The summed E-state index contributed by atoms with van der Waals surface area (Å²) in [6.45, 7) is 3.59. The standard InChI is InChI=1S/C18H16O3/c1-14(18(20)21-16-10-6-3-7-11-16)17(19)13-12-15-8-4-2-5-9-15/h2-13,17,19H,1H2/b13-12+. The van der Waals surface area contributed by atoms with Gasteiger partial charge in [-0.05, 0) is 17.7 Å². The van der Waals surface area contributed by atoms with Crippen molar-refractivity contribution < 1.29 is 14.6 Å². The Labute approximate surface area is 123 Å². The normalized spacial score (nSPS) is 12.0. The Kier molecular flexibility index (Phi) is 5.07. The third-order valence-corrected chi connectivity index (χ3v) is 2.84. The van der Waals surface area contributed by atoms with Crippen molar-refractivity contribution in [3.63, 3.8) is 0 Å². The third kappa shape index (κ3) is 4.44. The number of carbonyl (C=O) groups is 1. The van der Waals surface area contributed by atoms with Crippen LogP contribution in [-0.4, -0.2) is 17.2 Å². The zero-order valence-electron chi connectivity index (χ0n) is 11.5. The Morgan fingerprint density at radius 3 is 2.24 bits per heavy atom. The minimum atomic E-state index is -1.08. The number of rotatable bonds is 5. The van der Waals surface area contributed by atoms with E-state index in [9.17, 15) is 9.90 Å². The van der Waals surface area contributed by atoms with Crippen molar-refractivity contribution in [1.29, 1.82) is 0 Å². The highest BCUT2D eigenvalue weighted by molar-refractivity contribution is 5.91. The van der Waals surface area contributed by atoms with E-state index in [0.717, 1.165) is 5.56 Å². The molecule has 1 atom stereocenters. The number of aliphatic hydroxyl groups excluding tert-OH is 1. The first kappa shape index (κ1) is 14.8. The molecular formula is C18H16O3. The first-order chi connectivity index (χ1) is 10.2. The molecule has 3 heteroatoms. The number of hydrogen-bond donors (Lipinski definition) is 1.